The minimum Gasteiger partial charge on any atom is -0.385 e. The highest BCUT2D eigenvalue weighted by atomic mass is 16.1. The third-order valence-corrected chi connectivity index (χ3v) is 4.21. The maximum Gasteiger partial charge on any atom is 0.251 e. The highest BCUT2D eigenvalue weighted by molar-refractivity contribution is 5.94. The molecular weight excluding hydrogens is 248 g/mol. The van der Waals surface area contributed by atoms with Gasteiger partial charge in [0, 0.05) is 24.3 Å². The molecular formula is C17H26N2O. The summed E-state index contributed by atoms with van der Waals surface area (Å²) in [6, 6.07) is 7.69. The summed E-state index contributed by atoms with van der Waals surface area (Å²) in [5.41, 5.74) is 1.81. The van der Waals surface area contributed by atoms with Crippen LogP contribution in [0.3, 0.4) is 0 Å². The summed E-state index contributed by atoms with van der Waals surface area (Å²) in [5, 5.41) is 6.31. The lowest BCUT2D eigenvalue weighted by Crippen LogP contribution is -2.31. The zero-order valence-electron chi connectivity index (χ0n) is 12.6. The molecule has 0 saturated heterocycles. The molecule has 0 aromatic heterocycles. The van der Waals surface area contributed by atoms with E-state index in [0.717, 1.165) is 30.3 Å². The molecule has 0 atom stereocenters. The molecule has 3 heteroatoms. The van der Waals surface area contributed by atoms with E-state index >= 15 is 0 Å². The van der Waals surface area contributed by atoms with Crippen LogP contribution in [0.15, 0.2) is 24.3 Å². The maximum atomic E-state index is 12.1. The van der Waals surface area contributed by atoms with Crippen molar-refractivity contribution < 1.29 is 4.79 Å². The molecule has 1 aromatic carbocycles. The van der Waals surface area contributed by atoms with Crippen LogP contribution in [0.5, 0.6) is 0 Å². The molecule has 20 heavy (non-hydrogen) atoms. The van der Waals surface area contributed by atoms with Crippen molar-refractivity contribution in [2.45, 2.75) is 39.5 Å². The van der Waals surface area contributed by atoms with E-state index < -0.39 is 0 Å². The SMILES string of the molecule is CCNc1ccc(C(=O)NCC2CCC(C)CC2)cc1. The van der Waals surface area contributed by atoms with E-state index in [-0.39, 0.29) is 5.91 Å². The van der Waals surface area contributed by atoms with Crippen LogP contribution in [0.4, 0.5) is 5.69 Å². The first-order valence-electron chi connectivity index (χ1n) is 7.81. The summed E-state index contributed by atoms with van der Waals surface area (Å²) in [4.78, 5) is 12.1. The lowest BCUT2D eigenvalue weighted by Gasteiger charge is -2.26. The second kappa shape index (κ2) is 7.32. The molecule has 1 aliphatic carbocycles. The average molecular weight is 274 g/mol. The van der Waals surface area contributed by atoms with Crippen LogP contribution in [0.25, 0.3) is 0 Å². The minimum atomic E-state index is 0.0478. The smallest absolute Gasteiger partial charge is 0.251 e. The molecule has 1 aliphatic rings. The summed E-state index contributed by atoms with van der Waals surface area (Å²) in [5.74, 6) is 1.57. The predicted octanol–water partition coefficient (Wildman–Crippen LogP) is 3.67. The first kappa shape index (κ1) is 14.9. The molecule has 110 valence electrons. The van der Waals surface area contributed by atoms with Gasteiger partial charge in [0.25, 0.3) is 5.91 Å². The van der Waals surface area contributed by atoms with Gasteiger partial charge in [0.05, 0.1) is 0 Å². The Balaban J connectivity index is 1.79. The number of benzene rings is 1. The standard InChI is InChI=1S/C17H26N2O/c1-3-18-16-10-8-15(9-11-16)17(20)19-12-14-6-4-13(2)5-7-14/h8-11,13-14,18H,3-7,12H2,1-2H3,(H,19,20). The van der Waals surface area contributed by atoms with Gasteiger partial charge in [-0.15, -0.1) is 0 Å². The lowest BCUT2D eigenvalue weighted by atomic mass is 9.83. The normalized spacial score (nSPS) is 22.3. The Labute approximate surface area is 122 Å². The van der Waals surface area contributed by atoms with E-state index in [0.29, 0.717) is 5.92 Å². The van der Waals surface area contributed by atoms with Crippen LogP contribution in [-0.4, -0.2) is 19.0 Å². The number of hydrogen-bond acceptors (Lipinski definition) is 2. The van der Waals surface area contributed by atoms with Crippen LogP contribution in [0.1, 0.15) is 49.9 Å². The predicted molar refractivity (Wildman–Crippen MR) is 84.1 cm³/mol. The number of carbonyl (C=O) groups is 1. The van der Waals surface area contributed by atoms with Crippen molar-refractivity contribution in [3.8, 4) is 0 Å². The van der Waals surface area contributed by atoms with Crippen LogP contribution in [0, 0.1) is 11.8 Å². The molecule has 2 N–H and O–H groups in total. The topological polar surface area (TPSA) is 41.1 Å². The van der Waals surface area contributed by atoms with Gasteiger partial charge in [-0.1, -0.05) is 19.8 Å². The summed E-state index contributed by atoms with van der Waals surface area (Å²) in [7, 11) is 0. The minimum absolute atomic E-state index is 0.0478. The Morgan fingerprint density at radius 2 is 1.80 bits per heavy atom. The molecule has 0 spiro atoms. The first-order chi connectivity index (χ1) is 9.69. The average Bonchev–Trinajstić information content (AvgIpc) is 2.47. The van der Waals surface area contributed by atoms with E-state index in [4.69, 9.17) is 0 Å². The second-order valence-corrected chi connectivity index (χ2v) is 5.94. The number of carbonyl (C=O) groups excluding carboxylic acids is 1. The van der Waals surface area contributed by atoms with Gasteiger partial charge in [0.1, 0.15) is 0 Å². The Morgan fingerprint density at radius 3 is 2.40 bits per heavy atom. The lowest BCUT2D eigenvalue weighted by molar-refractivity contribution is 0.0942. The fourth-order valence-electron chi connectivity index (χ4n) is 2.82. The van der Waals surface area contributed by atoms with Crippen molar-refractivity contribution in [2.24, 2.45) is 11.8 Å². The molecule has 3 nitrogen and oxygen atoms in total. The molecule has 0 radical (unpaired) electrons. The number of nitrogens with one attached hydrogen (secondary N) is 2. The molecule has 1 fully saturated rings. The van der Waals surface area contributed by atoms with Gasteiger partial charge in [0.15, 0.2) is 0 Å². The molecule has 1 amide bonds. The van der Waals surface area contributed by atoms with Crippen molar-refractivity contribution in [1.82, 2.24) is 5.32 Å². The maximum absolute atomic E-state index is 12.1. The van der Waals surface area contributed by atoms with Crippen LogP contribution in [0.2, 0.25) is 0 Å². The number of anilines is 1. The fraction of sp³-hybridized carbons (Fsp3) is 0.588. The van der Waals surface area contributed by atoms with E-state index in [1.54, 1.807) is 0 Å². The van der Waals surface area contributed by atoms with Gasteiger partial charge in [-0.2, -0.15) is 0 Å². The van der Waals surface area contributed by atoms with Gasteiger partial charge in [-0.3, -0.25) is 4.79 Å². The van der Waals surface area contributed by atoms with E-state index in [1.807, 2.05) is 24.3 Å². The summed E-state index contributed by atoms with van der Waals surface area (Å²) in [6.45, 7) is 6.10. The largest absolute Gasteiger partial charge is 0.385 e. The summed E-state index contributed by atoms with van der Waals surface area (Å²) >= 11 is 0. The third-order valence-electron chi connectivity index (χ3n) is 4.21. The fourth-order valence-corrected chi connectivity index (χ4v) is 2.82. The van der Waals surface area contributed by atoms with Gasteiger partial charge in [-0.25, -0.2) is 0 Å². The van der Waals surface area contributed by atoms with Crippen LogP contribution >= 0.6 is 0 Å². The zero-order chi connectivity index (χ0) is 14.4. The van der Waals surface area contributed by atoms with Crippen molar-refractivity contribution in [3.05, 3.63) is 29.8 Å². The summed E-state index contributed by atoms with van der Waals surface area (Å²) in [6.07, 6.45) is 5.11. The van der Waals surface area contributed by atoms with Crippen molar-refractivity contribution >= 4 is 11.6 Å². The molecule has 0 bridgehead atoms. The van der Waals surface area contributed by atoms with Crippen LogP contribution < -0.4 is 10.6 Å². The van der Waals surface area contributed by atoms with E-state index in [9.17, 15) is 4.79 Å². The third kappa shape index (κ3) is 4.26. The number of amides is 1. The van der Waals surface area contributed by atoms with Crippen molar-refractivity contribution in [2.75, 3.05) is 18.4 Å². The quantitative estimate of drug-likeness (QED) is 0.860. The summed E-state index contributed by atoms with van der Waals surface area (Å²) < 4.78 is 0. The van der Waals surface area contributed by atoms with Crippen LogP contribution in [-0.2, 0) is 0 Å². The van der Waals surface area contributed by atoms with Gasteiger partial charge >= 0.3 is 0 Å². The molecule has 1 aromatic rings. The van der Waals surface area contributed by atoms with Gasteiger partial charge in [-0.05, 0) is 55.9 Å². The Morgan fingerprint density at radius 1 is 1.15 bits per heavy atom. The highest BCUT2D eigenvalue weighted by Gasteiger charge is 2.18. The molecule has 0 aliphatic heterocycles. The highest BCUT2D eigenvalue weighted by Crippen LogP contribution is 2.27. The van der Waals surface area contributed by atoms with Gasteiger partial charge in [0.2, 0.25) is 0 Å². The molecule has 0 heterocycles. The van der Waals surface area contributed by atoms with E-state index in [1.165, 1.54) is 25.7 Å². The first-order valence-corrected chi connectivity index (χ1v) is 7.81. The zero-order valence-corrected chi connectivity index (χ0v) is 12.6. The van der Waals surface area contributed by atoms with Crippen molar-refractivity contribution in [1.29, 1.82) is 0 Å². The Hall–Kier alpha value is -1.51. The molecule has 1 saturated carbocycles. The van der Waals surface area contributed by atoms with Crippen molar-refractivity contribution in [3.63, 3.8) is 0 Å². The van der Waals surface area contributed by atoms with Gasteiger partial charge < -0.3 is 10.6 Å². The number of hydrogen-bond donors (Lipinski definition) is 2. The molecule has 0 unspecified atom stereocenters. The Bertz CT molecular complexity index is 419. The second-order valence-electron chi connectivity index (χ2n) is 5.94. The Kier molecular flexibility index (Phi) is 5.45. The monoisotopic (exact) mass is 274 g/mol. The van der Waals surface area contributed by atoms with E-state index in [2.05, 4.69) is 24.5 Å². The number of rotatable bonds is 5. The molecule has 2 rings (SSSR count).